The summed E-state index contributed by atoms with van der Waals surface area (Å²) in [6, 6.07) is 3.83. The molecular formula is C10H11NO2. The van der Waals surface area contributed by atoms with E-state index < -0.39 is 5.97 Å². The van der Waals surface area contributed by atoms with Gasteiger partial charge in [0.2, 0.25) is 0 Å². The predicted molar refractivity (Wildman–Crippen MR) is 47.6 cm³/mol. The monoisotopic (exact) mass is 177 g/mol. The number of hydrogen-bond donors (Lipinski definition) is 1. The molecule has 0 amide bonds. The molecule has 3 nitrogen and oxygen atoms in total. The van der Waals surface area contributed by atoms with Crippen molar-refractivity contribution < 1.29 is 9.90 Å². The smallest absolute Gasteiger partial charge is 0.312 e. The summed E-state index contributed by atoms with van der Waals surface area (Å²) in [5, 5.41) is 8.95. The number of fused-ring (bicyclic) bond motifs is 1. The van der Waals surface area contributed by atoms with Crippen LogP contribution < -0.4 is 0 Å². The average Bonchev–Trinajstić information content (AvgIpc) is 2.17. The summed E-state index contributed by atoms with van der Waals surface area (Å²) >= 11 is 0. The summed E-state index contributed by atoms with van der Waals surface area (Å²) < 4.78 is 0. The number of aliphatic carboxylic acids is 1. The van der Waals surface area contributed by atoms with E-state index in [0.717, 1.165) is 30.5 Å². The van der Waals surface area contributed by atoms with Gasteiger partial charge in [-0.25, -0.2) is 0 Å². The van der Waals surface area contributed by atoms with Gasteiger partial charge in [-0.05, 0) is 30.9 Å². The molecule has 0 radical (unpaired) electrons. The number of aromatic nitrogens is 1. The van der Waals surface area contributed by atoms with Gasteiger partial charge >= 0.3 is 5.97 Å². The van der Waals surface area contributed by atoms with Gasteiger partial charge in [-0.15, -0.1) is 0 Å². The molecule has 0 unspecified atom stereocenters. The molecule has 1 heterocycles. The molecule has 1 N–H and O–H groups in total. The third kappa shape index (κ3) is 1.41. The number of carboxylic acids is 1. The summed E-state index contributed by atoms with van der Waals surface area (Å²) in [6.45, 7) is 0. The summed E-state index contributed by atoms with van der Waals surface area (Å²) in [5.41, 5.74) is 1.86. The molecule has 13 heavy (non-hydrogen) atoms. The van der Waals surface area contributed by atoms with Crippen molar-refractivity contribution in [2.45, 2.75) is 25.2 Å². The Morgan fingerprint density at radius 1 is 1.62 bits per heavy atom. The lowest BCUT2D eigenvalue weighted by Gasteiger charge is -2.20. The molecule has 0 spiro atoms. The number of nitrogens with zero attached hydrogens (tertiary/aromatic N) is 1. The fourth-order valence-electron chi connectivity index (χ4n) is 1.85. The Kier molecular flexibility index (Phi) is 2.00. The van der Waals surface area contributed by atoms with Gasteiger partial charge in [0.1, 0.15) is 0 Å². The van der Waals surface area contributed by atoms with Crippen LogP contribution in [0.15, 0.2) is 18.3 Å². The van der Waals surface area contributed by atoms with E-state index in [2.05, 4.69) is 4.98 Å². The van der Waals surface area contributed by atoms with Crippen molar-refractivity contribution >= 4 is 5.97 Å². The van der Waals surface area contributed by atoms with Crippen LogP contribution in [0.2, 0.25) is 0 Å². The van der Waals surface area contributed by atoms with Crippen LogP contribution in [0, 0.1) is 0 Å². The maximum Gasteiger partial charge on any atom is 0.312 e. The molecule has 3 heteroatoms. The molecule has 0 fully saturated rings. The highest BCUT2D eigenvalue weighted by Gasteiger charge is 2.26. The van der Waals surface area contributed by atoms with Crippen LogP contribution in [0.1, 0.15) is 30.0 Å². The van der Waals surface area contributed by atoms with E-state index in [0.29, 0.717) is 0 Å². The lowest BCUT2D eigenvalue weighted by Crippen LogP contribution is -2.19. The van der Waals surface area contributed by atoms with E-state index >= 15 is 0 Å². The van der Waals surface area contributed by atoms with Crippen molar-refractivity contribution in [1.82, 2.24) is 4.98 Å². The normalized spacial score (nSPS) is 20.8. The molecule has 1 aliphatic carbocycles. The number of carbonyl (C=O) groups is 1. The molecule has 0 bridgehead atoms. The maximum atomic E-state index is 10.9. The Morgan fingerprint density at radius 3 is 3.23 bits per heavy atom. The van der Waals surface area contributed by atoms with Gasteiger partial charge in [-0.2, -0.15) is 0 Å². The van der Waals surface area contributed by atoms with E-state index in [1.165, 1.54) is 0 Å². The van der Waals surface area contributed by atoms with Crippen molar-refractivity contribution in [3.05, 3.63) is 29.6 Å². The van der Waals surface area contributed by atoms with E-state index in [1.807, 2.05) is 12.1 Å². The minimum Gasteiger partial charge on any atom is -0.481 e. The average molecular weight is 177 g/mol. The molecule has 0 saturated heterocycles. The topological polar surface area (TPSA) is 50.2 Å². The van der Waals surface area contributed by atoms with E-state index in [9.17, 15) is 4.79 Å². The Morgan fingerprint density at radius 2 is 2.46 bits per heavy atom. The molecule has 1 aromatic heterocycles. The zero-order chi connectivity index (χ0) is 9.26. The molecule has 2 rings (SSSR count). The molecule has 1 aliphatic rings. The van der Waals surface area contributed by atoms with Crippen molar-refractivity contribution in [2.24, 2.45) is 0 Å². The molecule has 0 aromatic carbocycles. The summed E-state index contributed by atoms with van der Waals surface area (Å²) in [6.07, 6.45) is 4.31. The van der Waals surface area contributed by atoms with Gasteiger partial charge in [0.15, 0.2) is 0 Å². The zero-order valence-corrected chi connectivity index (χ0v) is 7.23. The fourth-order valence-corrected chi connectivity index (χ4v) is 1.85. The van der Waals surface area contributed by atoms with Gasteiger partial charge in [0.05, 0.1) is 11.6 Å². The zero-order valence-electron chi connectivity index (χ0n) is 7.23. The largest absolute Gasteiger partial charge is 0.481 e. The highest BCUT2D eigenvalue weighted by atomic mass is 16.4. The van der Waals surface area contributed by atoms with Crippen molar-refractivity contribution in [2.75, 3.05) is 0 Å². The maximum absolute atomic E-state index is 10.9. The van der Waals surface area contributed by atoms with E-state index in [-0.39, 0.29) is 5.92 Å². The van der Waals surface area contributed by atoms with Gasteiger partial charge in [0.25, 0.3) is 0 Å². The van der Waals surface area contributed by atoms with Gasteiger partial charge in [-0.3, -0.25) is 9.78 Å². The van der Waals surface area contributed by atoms with Crippen LogP contribution in [0.25, 0.3) is 0 Å². The highest BCUT2D eigenvalue weighted by molar-refractivity contribution is 5.76. The minimum absolute atomic E-state index is 0.384. The fraction of sp³-hybridized carbons (Fsp3) is 0.400. The second kappa shape index (κ2) is 3.17. The van der Waals surface area contributed by atoms with Crippen molar-refractivity contribution in [1.29, 1.82) is 0 Å². The lowest BCUT2D eigenvalue weighted by atomic mass is 9.87. The summed E-state index contributed by atoms with van der Waals surface area (Å²) in [7, 11) is 0. The molecular weight excluding hydrogens is 166 g/mol. The lowest BCUT2D eigenvalue weighted by molar-refractivity contribution is -0.139. The third-order valence-electron chi connectivity index (χ3n) is 2.49. The van der Waals surface area contributed by atoms with Gasteiger partial charge in [-0.1, -0.05) is 6.07 Å². The van der Waals surface area contributed by atoms with Crippen LogP contribution in [-0.4, -0.2) is 16.1 Å². The van der Waals surface area contributed by atoms with E-state index in [4.69, 9.17) is 5.11 Å². The van der Waals surface area contributed by atoms with Crippen molar-refractivity contribution in [3.8, 4) is 0 Å². The molecule has 1 atom stereocenters. The number of pyridine rings is 1. The molecule has 0 aliphatic heterocycles. The van der Waals surface area contributed by atoms with E-state index in [1.54, 1.807) is 6.20 Å². The summed E-state index contributed by atoms with van der Waals surface area (Å²) in [5.74, 6) is -1.13. The number of carboxylic acid groups (broad SMARTS) is 1. The number of hydrogen-bond acceptors (Lipinski definition) is 2. The Bertz CT molecular complexity index is 335. The Balaban J connectivity index is 2.42. The second-order valence-corrected chi connectivity index (χ2v) is 3.33. The van der Waals surface area contributed by atoms with Gasteiger partial charge in [0, 0.05) is 6.20 Å². The number of aryl methyl sites for hydroxylation is 1. The highest BCUT2D eigenvalue weighted by Crippen LogP contribution is 2.29. The second-order valence-electron chi connectivity index (χ2n) is 3.33. The van der Waals surface area contributed by atoms with Crippen LogP contribution in [-0.2, 0) is 11.2 Å². The Labute approximate surface area is 76.4 Å². The first-order chi connectivity index (χ1) is 6.29. The van der Waals surface area contributed by atoms with Crippen LogP contribution >= 0.6 is 0 Å². The van der Waals surface area contributed by atoms with Crippen LogP contribution in [0.4, 0.5) is 0 Å². The van der Waals surface area contributed by atoms with Crippen molar-refractivity contribution in [3.63, 3.8) is 0 Å². The first-order valence-electron chi connectivity index (χ1n) is 4.45. The van der Waals surface area contributed by atoms with Crippen LogP contribution in [0.3, 0.4) is 0 Å². The first kappa shape index (κ1) is 8.23. The van der Waals surface area contributed by atoms with Gasteiger partial charge < -0.3 is 5.11 Å². The molecule has 68 valence electrons. The molecule has 0 saturated carbocycles. The predicted octanol–water partition coefficient (Wildman–Crippen LogP) is 1.59. The quantitative estimate of drug-likeness (QED) is 0.708. The third-order valence-corrected chi connectivity index (χ3v) is 2.49. The summed E-state index contributed by atoms with van der Waals surface area (Å²) in [4.78, 5) is 15.0. The van der Waals surface area contributed by atoms with Crippen LogP contribution in [0.5, 0.6) is 0 Å². The standard InChI is InChI=1S/C10H11NO2/c12-10(13)8-5-1-3-7-4-2-6-11-9(7)8/h2,4,6,8H,1,3,5H2,(H,12,13)/t8-/m0/s1. The minimum atomic E-state index is -0.750. The SMILES string of the molecule is O=C(O)[C@H]1CCCc2cccnc21. The first-order valence-corrected chi connectivity index (χ1v) is 4.45. The number of rotatable bonds is 1. The molecule has 1 aromatic rings. The Hall–Kier alpha value is -1.38.